The van der Waals surface area contributed by atoms with Gasteiger partial charge in [0, 0.05) is 6.61 Å². The summed E-state index contributed by atoms with van der Waals surface area (Å²) in [6.45, 7) is 7.43. The smallest absolute Gasteiger partial charge is 0.208 e. The van der Waals surface area contributed by atoms with Crippen LogP contribution in [-0.2, 0) is 4.43 Å². The van der Waals surface area contributed by atoms with E-state index < -0.39 is 9.04 Å². The van der Waals surface area contributed by atoms with Crippen LogP contribution in [-0.4, -0.2) is 15.6 Å². The lowest BCUT2D eigenvalue weighted by Crippen LogP contribution is -2.11. The molecule has 2 heteroatoms. The summed E-state index contributed by atoms with van der Waals surface area (Å²) in [7, 11) is -0.403. The van der Waals surface area contributed by atoms with Crippen molar-refractivity contribution in [3.63, 3.8) is 0 Å². The third-order valence-electron chi connectivity index (χ3n) is 1.27. The fourth-order valence-corrected chi connectivity index (χ4v) is 2.23. The van der Waals surface area contributed by atoms with Gasteiger partial charge in [-0.1, -0.05) is 19.8 Å². The molecule has 55 valence electrons. The molecule has 0 aromatic heterocycles. The van der Waals surface area contributed by atoms with E-state index in [1.54, 1.807) is 0 Å². The van der Waals surface area contributed by atoms with Crippen LogP contribution in [0.1, 0.15) is 26.7 Å². The van der Waals surface area contributed by atoms with Crippen LogP contribution in [0.3, 0.4) is 0 Å². The average molecular weight is 145 g/mol. The highest BCUT2D eigenvalue weighted by Gasteiger charge is 2.01. The molecular weight excluding hydrogens is 128 g/mol. The fourth-order valence-electron chi connectivity index (χ4n) is 0.744. The molecule has 0 bridgehead atoms. The maximum atomic E-state index is 5.45. The minimum Gasteiger partial charge on any atom is -0.417 e. The Balaban J connectivity index is 2.95. The quantitative estimate of drug-likeness (QED) is 0.540. The molecule has 0 aromatic carbocycles. The van der Waals surface area contributed by atoms with E-state index in [1.165, 1.54) is 18.9 Å². The van der Waals surface area contributed by atoms with Crippen LogP contribution in [0.5, 0.6) is 0 Å². The summed E-state index contributed by atoms with van der Waals surface area (Å²) in [5, 5.41) is 0. The summed E-state index contributed by atoms with van der Waals surface area (Å²) in [5.74, 6) is 0. The van der Waals surface area contributed by atoms with Crippen LogP contribution in [0.25, 0.3) is 0 Å². The Hall–Kier alpha value is 0.177. The highest BCUT2D eigenvalue weighted by molar-refractivity contribution is 6.50. The molecule has 0 aliphatic heterocycles. The Morgan fingerprint density at radius 2 is 2.00 bits per heavy atom. The van der Waals surface area contributed by atoms with Gasteiger partial charge in [-0.15, -0.1) is 0 Å². The van der Waals surface area contributed by atoms with Gasteiger partial charge in [0.1, 0.15) is 0 Å². The zero-order valence-corrected chi connectivity index (χ0v) is 7.74. The number of hydrogen-bond donors (Lipinski definition) is 0. The van der Waals surface area contributed by atoms with Gasteiger partial charge in [-0.25, -0.2) is 0 Å². The molecule has 0 N–H and O–H groups in total. The molecule has 0 saturated heterocycles. The second kappa shape index (κ2) is 6.30. The van der Waals surface area contributed by atoms with Crippen molar-refractivity contribution < 1.29 is 4.43 Å². The van der Waals surface area contributed by atoms with Crippen molar-refractivity contribution in [3.8, 4) is 0 Å². The second-order valence-electron chi connectivity index (χ2n) is 2.24. The Morgan fingerprint density at radius 1 is 1.33 bits per heavy atom. The van der Waals surface area contributed by atoms with Crippen molar-refractivity contribution in [1.29, 1.82) is 0 Å². The largest absolute Gasteiger partial charge is 0.417 e. The van der Waals surface area contributed by atoms with Crippen molar-refractivity contribution in [2.75, 3.05) is 6.61 Å². The summed E-state index contributed by atoms with van der Waals surface area (Å²) in [4.78, 5) is 0. The first-order chi connectivity index (χ1) is 4.31. The molecule has 0 amide bonds. The topological polar surface area (TPSA) is 9.23 Å². The van der Waals surface area contributed by atoms with Gasteiger partial charge in [-0.2, -0.15) is 0 Å². The van der Waals surface area contributed by atoms with E-state index in [0.29, 0.717) is 0 Å². The highest BCUT2D eigenvalue weighted by atomic mass is 28.3. The van der Waals surface area contributed by atoms with Crippen LogP contribution in [0, 0.1) is 0 Å². The molecular formula is C7H17OSi. The zero-order chi connectivity index (χ0) is 7.11. The average Bonchev–Trinajstić information content (AvgIpc) is 1.85. The van der Waals surface area contributed by atoms with Gasteiger partial charge in [-0.05, 0) is 19.5 Å². The van der Waals surface area contributed by atoms with Gasteiger partial charge in [0.2, 0.25) is 9.04 Å². The molecule has 0 spiro atoms. The van der Waals surface area contributed by atoms with E-state index in [2.05, 4.69) is 20.4 Å². The SMILES string of the molecule is CCCC[Si](C)OCC. The van der Waals surface area contributed by atoms with E-state index in [1.807, 2.05) is 0 Å². The lowest BCUT2D eigenvalue weighted by Gasteiger charge is -2.06. The van der Waals surface area contributed by atoms with Crippen molar-refractivity contribution in [1.82, 2.24) is 0 Å². The summed E-state index contributed by atoms with van der Waals surface area (Å²) < 4.78 is 5.45. The van der Waals surface area contributed by atoms with Gasteiger partial charge < -0.3 is 4.43 Å². The van der Waals surface area contributed by atoms with Crippen molar-refractivity contribution in [2.45, 2.75) is 39.3 Å². The molecule has 9 heavy (non-hydrogen) atoms. The predicted octanol–water partition coefficient (Wildman–Crippen LogP) is 2.44. The Morgan fingerprint density at radius 3 is 2.44 bits per heavy atom. The van der Waals surface area contributed by atoms with E-state index in [9.17, 15) is 0 Å². The Labute approximate surface area is 60.1 Å². The minimum atomic E-state index is -0.403. The lowest BCUT2D eigenvalue weighted by molar-refractivity contribution is 0.345. The van der Waals surface area contributed by atoms with Crippen molar-refractivity contribution >= 4 is 9.04 Å². The van der Waals surface area contributed by atoms with Gasteiger partial charge in [-0.3, -0.25) is 0 Å². The standard InChI is InChI=1S/C7H17OSi/c1-4-6-7-9(3)8-5-2/h4-7H2,1-3H3. The summed E-state index contributed by atoms with van der Waals surface area (Å²) in [5.41, 5.74) is 0. The lowest BCUT2D eigenvalue weighted by atomic mass is 10.4. The third-order valence-corrected chi connectivity index (χ3v) is 3.11. The van der Waals surface area contributed by atoms with Gasteiger partial charge >= 0.3 is 0 Å². The van der Waals surface area contributed by atoms with Crippen LogP contribution < -0.4 is 0 Å². The van der Waals surface area contributed by atoms with Crippen molar-refractivity contribution in [3.05, 3.63) is 0 Å². The first kappa shape index (κ1) is 9.18. The van der Waals surface area contributed by atoms with Crippen LogP contribution in [0.2, 0.25) is 12.6 Å². The van der Waals surface area contributed by atoms with E-state index in [0.717, 1.165) is 6.61 Å². The van der Waals surface area contributed by atoms with Gasteiger partial charge in [0.15, 0.2) is 0 Å². The highest BCUT2D eigenvalue weighted by Crippen LogP contribution is 2.01. The fraction of sp³-hybridized carbons (Fsp3) is 1.00. The first-order valence-electron chi connectivity index (χ1n) is 3.76. The predicted molar refractivity (Wildman–Crippen MR) is 43.0 cm³/mol. The van der Waals surface area contributed by atoms with Crippen LogP contribution in [0.4, 0.5) is 0 Å². The summed E-state index contributed by atoms with van der Waals surface area (Å²) in [6.07, 6.45) is 2.64. The molecule has 0 fully saturated rings. The summed E-state index contributed by atoms with van der Waals surface area (Å²) in [6, 6.07) is 1.31. The molecule has 0 unspecified atom stereocenters. The normalized spacial score (nSPS) is 10.7. The molecule has 0 atom stereocenters. The number of hydrogen-bond acceptors (Lipinski definition) is 1. The summed E-state index contributed by atoms with van der Waals surface area (Å²) >= 11 is 0. The molecule has 0 rings (SSSR count). The van der Waals surface area contributed by atoms with Gasteiger partial charge in [0.25, 0.3) is 0 Å². The monoisotopic (exact) mass is 145 g/mol. The second-order valence-corrected chi connectivity index (χ2v) is 4.43. The minimum absolute atomic E-state index is 0.403. The zero-order valence-electron chi connectivity index (χ0n) is 6.74. The van der Waals surface area contributed by atoms with Gasteiger partial charge in [0.05, 0.1) is 0 Å². The molecule has 0 saturated carbocycles. The molecule has 0 heterocycles. The van der Waals surface area contributed by atoms with Crippen LogP contribution >= 0.6 is 0 Å². The Kier molecular flexibility index (Phi) is 6.42. The number of unbranched alkanes of at least 4 members (excludes halogenated alkanes) is 1. The first-order valence-corrected chi connectivity index (χ1v) is 5.88. The van der Waals surface area contributed by atoms with E-state index in [-0.39, 0.29) is 0 Å². The van der Waals surface area contributed by atoms with Crippen LogP contribution in [0.15, 0.2) is 0 Å². The molecule has 1 radical (unpaired) electrons. The number of rotatable bonds is 5. The molecule has 1 nitrogen and oxygen atoms in total. The maximum absolute atomic E-state index is 5.45. The molecule has 0 aromatic rings. The third kappa shape index (κ3) is 6.06. The molecule has 0 aliphatic rings. The Bertz CT molecular complexity index is 56.9. The van der Waals surface area contributed by atoms with E-state index >= 15 is 0 Å². The van der Waals surface area contributed by atoms with E-state index in [4.69, 9.17) is 4.43 Å². The van der Waals surface area contributed by atoms with Crippen molar-refractivity contribution in [2.24, 2.45) is 0 Å². The maximum Gasteiger partial charge on any atom is 0.208 e. The molecule has 0 aliphatic carbocycles.